The molecule has 0 unspecified atom stereocenters. The standard InChI is InChI=1S/C23H23NO6/c1-28-12-17-7-9-18(10-8-17)19-11-21(30-14-19)22(25)24-20(23(26)27)15-29-13-16-5-3-2-4-6-16/h2-11,14,20H,12-13,15H2,1H3,(H,24,25)(H,26,27)/t20-/m0/s1. The fourth-order valence-corrected chi connectivity index (χ4v) is 2.84. The van der Waals surface area contributed by atoms with Crippen LogP contribution in [0.2, 0.25) is 0 Å². The van der Waals surface area contributed by atoms with Gasteiger partial charge in [0, 0.05) is 12.7 Å². The number of hydrogen-bond donors (Lipinski definition) is 2. The average Bonchev–Trinajstić information content (AvgIpc) is 3.25. The zero-order valence-corrected chi connectivity index (χ0v) is 16.5. The van der Waals surface area contributed by atoms with E-state index in [4.69, 9.17) is 13.9 Å². The van der Waals surface area contributed by atoms with Gasteiger partial charge in [-0.1, -0.05) is 54.6 Å². The highest BCUT2D eigenvalue weighted by Crippen LogP contribution is 2.23. The first kappa shape index (κ1) is 21.3. The van der Waals surface area contributed by atoms with Gasteiger partial charge in [0.2, 0.25) is 0 Å². The van der Waals surface area contributed by atoms with Gasteiger partial charge in [-0.25, -0.2) is 4.79 Å². The van der Waals surface area contributed by atoms with Crippen LogP contribution >= 0.6 is 0 Å². The van der Waals surface area contributed by atoms with Gasteiger partial charge >= 0.3 is 5.97 Å². The SMILES string of the molecule is COCc1ccc(-c2coc(C(=O)N[C@@H](COCc3ccccc3)C(=O)O)c2)cc1. The largest absolute Gasteiger partial charge is 0.480 e. The molecule has 0 aliphatic heterocycles. The third-order valence-electron chi connectivity index (χ3n) is 4.42. The number of ether oxygens (including phenoxy) is 2. The Kier molecular flexibility index (Phi) is 7.37. The summed E-state index contributed by atoms with van der Waals surface area (Å²) >= 11 is 0. The van der Waals surface area contributed by atoms with Crippen LogP contribution in [0.15, 0.2) is 71.3 Å². The molecule has 1 amide bonds. The van der Waals surface area contributed by atoms with Gasteiger partial charge in [-0.15, -0.1) is 0 Å². The van der Waals surface area contributed by atoms with Crippen LogP contribution in [0.5, 0.6) is 0 Å². The number of carboxylic acid groups (broad SMARTS) is 1. The van der Waals surface area contributed by atoms with E-state index in [1.165, 1.54) is 6.26 Å². The molecule has 1 atom stereocenters. The van der Waals surface area contributed by atoms with E-state index in [9.17, 15) is 14.7 Å². The minimum absolute atomic E-state index is 0.0280. The Morgan fingerprint density at radius 1 is 1.00 bits per heavy atom. The van der Waals surface area contributed by atoms with E-state index in [-0.39, 0.29) is 19.0 Å². The molecule has 0 radical (unpaired) electrons. The van der Waals surface area contributed by atoms with E-state index in [0.717, 1.165) is 22.3 Å². The minimum Gasteiger partial charge on any atom is -0.480 e. The number of amides is 1. The van der Waals surface area contributed by atoms with Gasteiger partial charge in [0.1, 0.15) is 0 Å². The quantitative estimate of drug-likeness (QED) is 0.532. The van der Waals surface area contributed by atoms with Gasteiger partial charge < -0.3 is 24.3 Å². The molecule has 3 rings (SSSR count). The molecule has 2 aromatic carbocycles. The van der Waals surface area contributed by atoms with Crippen molar-refractivity contribution in [2.75, 3.05) is 13.7 Å². The average molecular weight is 409 g/mol. The predicted molar refractivity (Wildman–Crippen MR) is 110 cm³/mol. The van der Waals surface area contributed by atoms with Gasteiger partial charge in [0.05, 0.1) is 26.1 Å². The fourth-order valence-electron chi connectivity index (χ4n) is 2.84. The Morgan fingerprint density at radius 3 is 2.37 bits per heavy atom. The smallest absolute Gasteiger partial charge is 0.328 e. The summed E-state index contributed by atoms with van der Waals surface area (Å²) in [5, 5.41) is 11.8. The minimum atomic E-state index is -1.19. The molecule has 30 heavy (non-hydrogen) atoms. The summed E-state index contributed by atoms with van der Waals surface area (Å²) in [7, 11) is 1.63. The number of benzene rings is 2. The third-order valence-corrected chi connectivity index (χ3v) is 4.42. The van der Waals surface area contributed by atoms with Crippen molar-refractivity contribution in [1.82, 2.24) is 5.32 Å². The second-order valence-corrected chi connectivity index (χ2v) is 6.69. The van der Waals surface area contributed by atoms with Crippen molar-refractivity contribution < 1.29 is 28.6 Å². The molecule has 7 heteroatoms. The molecule has 0 saturated carbocycles. The molecule has 0 fully saturated rings. The van der Waals surface area contributed by atoms with Gasteiger partial charge in [-0.2, -0.15) is 0 Å². The molecule has 0 spiro atoms. The molecule has 7 nitrogen and oxygen atoms in total. The fraction of sp³-hybridized carbons (Fsp3) is 0.217. The van der Waals surface area contributed by atoms with Gasteiger partial charge in [0.25, 0.3) is 5.91 Å². The van der Waals surface area contributed by atoms with Gasteiger partial charge in [-0.05, 0) is 22.8 Å². The lowest BCUT2D eigenvalue weighted by Crippen LogP contribution is -2.43. The van der Waals surface area contributed by atoms with Crippen molar-refractivity contribution in [1.29, 1.82) is 0 Å². The summed E-state index contributed by atoms with van der Waals surface area (Å²) < 4.78 is 15.9. The van der Waals surface area contributed by atoms with Crippen LogP contribution in [0.25, 0.3) is 11.1 Å². The number of carboxylic acids is 1. The Balaban J connectivity index is 1.58. The van der Waals surface area contributed by atoms with E-state index < -0.39 is 17.9 Å². The lowest BCUT2D eigenvalue weighted by molar-refractivity contribution is -0.141. The summed E-state index contributed by atoms with van der Waals surface area (Å²) in [5.74, 6) is -1.77. The first-order valence-electron chi connectivity index (χ1n) is 9.39. The van der Waals surface area contributed by atoms with Gasteiger partial charge in [0.15, 0.2) is 11.8 Å². The molecule has 2 N–H and O–H groups in total. The first-order valence-corrected chi connectivity index (χ1v) is 9.39. The van der Waals surface area contributed by atoms with Crippen molar-refractivity contribution in [3.63, 3.8) is 0 Å². The zero-order chi connectivity index (χ0) is 21.3. The number of carbonyl (C=O) groups excluding carboxylic acids is 1. The number of carbonyl (C=O) groups is 2. The molecule has 0 saturated heterocycles. The number of rotatable bonds is 10. The Morgan fingerprint density at radius 2 is 1.70 bits per heavy atom. The predicted octanol–water partition coefficient (Wildman–Crippen LogP) is 3.49. The summed E-state index contributed by atoms with van der Waals surface area (Å²) in [6.45, 7) is 0.608. The molecule has 156 valence electrons. The highest BCUT2D eigenvalue weighted by atomic mass is 16.5. The molecule has 0 aliphatic carbocycles. The number of nitrogens with one attached hydrogen (secondary N) is 1. The van der Waals surface area contributed by atoms with E-state index in [1.807, 2.05) is 54.6 Å². The van der Waals surface area contributed by atoms with Gasteiger partial charge in [-0.3, -0.25) is 4.79 Å². The monoisotopic (exact) mass is 409 g/mol. The van der Waals surface area contributed by atoms with Crippen LogP contribution in [-0.2, 0) is 27.5 Å². The number of furan rings is 1. The molecule has 1 aromatic heterocycles. The molecular formula is C23H23NO6. The van der Waals surface area contributed by atoms with E-state index in [2.05, 4.69) is 5.32 Å². The second kappa shape index (κ2) is 10.4. The maximum Gasteiger partial charge on any atom is 0.328 e. The Labute approximate surface area is 174 Å². The van der Waals surface area contributed by atoms with E-state index >= 15 is 0 Å². The Hall–Kier alpha value is -3.42. The second-order valence-electron chi connectivity index (χ2n) is 6.69. The summed E-state index contributed by atoms with van der Waals surface area (Å²) in [4.78, 5) is 23.9. The normalized spacial score (nSPS) is 11.8. The van der Waals surface area contributed by atoms with Crippen LogP contribution < -0.4 is 5.32 Å². The maximum absolute atomic E-state index is 12.4. The van der Waals surface area contributed by atoms with Crippen LogP contribution in [0.1, 0.15) is 21.7 Å². The van der Waals surface area contributed by atoms with Crippen LogP contribution in [0.3, 0.4) is 0 Å². The van der Waals surface area contributed by atoms with Crippen LogP contribution in [0.4, 0.5) is 0 Å². The highest BCUT2D eigenvalue weighted by Gasteiger charge is 2.23. The number of methoxy groups -OCH3 is 1. The van der Waals surface area contributed by atoms with Crippen LogP contribution in [-0.4, -0.2) is 36.7 Å². The van der Waals surface area contributed by atoms with Crippen molar-refractivity contribution in [3.05, 3.63) is 83.8 Å². The molecule has 1 heterocycles. The summed E-state index contributed by atoms with van der Waals surface area (Å²) in [6.07, 6.45) is 1.46. The maximum atomic E-state index is 12.4. The number of hydrogen-bond acceptors (Lipinski definition) is 5. The van der Waals surface area contributed by atoms with Crippen molar-refractivity contribution in [2.24, 2.45) is 0 Å². The highest BCUT2D eigenvalue weighted by molar-refractivity contribution is 5.95. The zero-order valence-electron chi connectivity index (χ0n) is 16.5. The van der Waals surface area contributed by atoms with Crippen molar-refractivity contribution in [3.8, 4) is 11.1 Å². The lowest BCUT2D eigenvalue weighted by Gasteiger charge is -2.14. The topological polar surface area (TPSA) is 98.0 Å². The van der Waals surface area contributed by atoms with E-state index in [1.54, 1.807) is 13.2 Å². The lowest BCUT2D eigenvalue weighted by atomic mass is 10.1. The molecule has 0 bridgehead atoms. The molecule has 0 aliphatic rings. The molecule has 3 aromatic rings. The third kappa shape index (κ3) is 5.79. The number of aliphatic carboxylic acids is 1. The first-order chi connectivity index (χ1) is 14.6. The van der Waals surface area contributed by atoms with E-state index in [0.29, 0.717) is 6.61 Å². The van der Waals surface area contributed by atoms with Crippen molar-refractivity contribution in [2.45, 2.75) is 19.3 Å². The molecular weight excluding hydrogens is 386 g/mol. The summed E-state index contributed by atoms with van der Waals surface area (Å²) in [6, 6.07) is 17.4. The van der Waals surface area contributed by atoms with Crippen LogP contribution in [0, 0.1) is 0 Å². The summed E-state index contributed by atoms with van der Waals surface area (Å²) in [5.41, 5.74) is 3.54. The Bertz CT molecular complexity index is 965. The van der Waals surface area contributed by atoms with Crippen molar-refractivity contribution >= 4 is 11.9 Å².